The first-order chi connectivity index (χ1) is 16.1. The fraction of sp³-hybridized carbons (Fsp3) is 0.143. The summed E-state index contributed by atoms with van der Waals surface area (Å²) >= 11 is 0. The molecule has 0 spiro atoms. The van der Waals surface area contributed by atoms with Gasteiger partial charge in [0.05, 0.1) is 11.1 Å². The van der Waals surface area contributed by atoms with E-state index in [0.717, 1.165) is 46.5 Å². The first-order valence-electron chi connectivity index (χ1n) is 10.7. The molecule has 0 atom stereocenters. The van der Waals surface area contributed by atoms with E-state index in [4.69, 9.17) is 0 Å². The molecule has 5 rings (SSSR count). The molecular weight excluding hydrogens is 450 g/mol. The molecular formula is C28H18F6. The summed E-state index contributed by atoms with van der Waals surface area (Å²) in [5, 5.41) is 0. The first-order valence-corrected chi connectivity index (χ1v) is 10.7. The third-order valence-corrected chi connectivity index (χ3v) is 6.36. The quantitative estimate of drug-likeness (QED) is 0.264. The number of fused-ring (bicyclic) bond motifs is 3. The molecule has 1 aliphatic carbocycles. The molecule has 172 valence electrons. The van der Waals surface area contributed by atoms with Crippen LogP contribution in [-0.2, 0) is 12.4 Å². The second-order valence-electron chi connectivity index (χ2n) is 8.38. The van der Waals surface area contributed by atoms with Gasteiger partial charge >= 0.3 is 12.4 Å². The highest BCUT2D eigenvalue weighted by molar-refractivity contribution is 5.79. The van der Waals surface area contributed by atoms with E-state index in [-0.39, 0.29) is 0 Å². The van der Waals surface area contributed by atoms with Crippen LogP contribution in [0.1, 0.15) is 45.2 Å². The Labute approximate surface area is 192 Å². The van der Waals surface area contributed by atoms with E-state index >= 15 is 0 Å². The zero-order valence-electron chi connectivity index (χ0n) is 17.7. The summed E-state index contributed by atoms with van der Waals surface area (Å²) in [6.07, 6.45) is -9.14. The van der Waals surface area contributed by atoms with Crippen LogP contribution in [0, 0.1) is 0 Å². The Morgan fingerprint density at radius 1 is 0.500 bits per heavy atom. The fourth-order valence-electron chi connectivity index (χ4n) is 4.95. The molecule has 4 aromatic rings. The summed E-state index contributed by atoms with van der Waals surface area (Å²) < 4.78 is 81.4. The van der Waals surface area contributed by atoms with Crippen molar-refractivity contribution < 1.29 is 26.3 Å². The normalized spacial score (nSPS) is 13.7. The van der Waals surface area contributed by atoms with E-state index < -0.39 is 35.3 Å². The lowest BCUT2D eigenvalue weighted by molar-refractivity contribution is -0.138. The number of hydrogen-bond donors (Lipinski definition) is 0. The topological polar surface area (TPSA) is 0 Å². The zero-order chi connectivity index (χ0) is 24.1. The molecule has 0 aliphatic heterocycles. The molecule has 4 aromatic carbocycles. The van der Waals surface area contributed by atoms with Gasteiger partial charge in [-0.1, -0.05) is 84.9 Å². The lowest BCUT2D eigenvalue weighted by Crippen LogP contribution is -2.15. The third kappa shape index (κ3) is 3.87. The Bertz CT molecular complexity index is 1250. The second kappa shape index (κ2) is 8.05. The number of benzene rings is 4. The second-order valence-corrected chi connectivity index (χ2v) is 8.38. The van der Waals surface area contributed by atoms with Crippen LogP contribution in [0.4, 0.5) is 26.3 Å². The van der Waals surface area contributed by atoms with Gasteiger partial charge in [-0.05, 0) is 45.5 Å². The average molecular weight is 468 g/mol. The molecule has 0 unspecified atom stereocenters. The van der Waals surface area contributed by atoms with Gasteiger partial charge in [0.2, 0.25) is 0 Å². The molecule has 0 aromatic heterocycles. The minimum atomic E-state index is -4.57. The Morgan fingerprint density at radius 2 is 0.912 bits per heavy atom. The summed E-state index contributed by atoms with van der Waals surface area (Å²) in [4.78, 5) is 0. The van der Waals surface area contributed by atoms with E-state index in [1.54, 1.807) is 12.1 Å². The van der Waals surface area contributed by atoms with Crippen LogP contribution >= 0.6 is 0 Å². The summed E-state index contributed by atoms with van der Waals surface area (Å²) in [6, 6.07) is 24.9. The number of rotatable bonds is 3. The number of hydrogen-bond acceptors (Lipinski definition) is 0. The Kier molecular flexibility index (Phi) is 5.27. The smallest absolute Gasteiger partial charge is 0.166 e. The van der Waals surface area contributed by atoms with Crippen LogP contribution in [0.15, 0.2) is 97.1 Å². The minimum absolute atomic E-state index is 0.311. The standard InChI is InChI=1S/C28H18F6/c29-27(30,31)19-9-5-7-17(15-19)25(18-8-6-10-20(16-18)28(32,33)34)26-23-13-3-1-11-21(23)22-12-2-4-14-24(22)26/h1-16,25-26H. The molecule has 1 aliphatic rings. The maximum Gasteiger partial charge on any atom is 0.416 e. The fourth-order valence-corrected chi connectivity index (χ4v) is 4.95. The largest absolute Gasteiger partial charge is 0.416 e. The molecule has 0 saturated heterocycles. The highest BCUT2D eigenvalue weighted by atomic mass is 19.4. The highest BCUT2D eigenvalue weighted by Crippen LogP contribution is 2.53. The molecule has 0 fully saturated rings. The predicted octanol–water partition coefficient (Wildman–Crippen LogP) is 8.67. The Hall–Kier alpha value is -3.54. The van der Waals surface area contributed by atoms with E-state index in [2.05, 4.69) is 0 Å². The molecule has 0 amide bonds. The molecule has 0 bridgehead atoms. The van der Waals surface area contributed by atoms with Crippen LogP contribution < -0.4 is 0 Å². The van der Waals surface area contributed by atoms with Crippen LogP contribution in [0.2, 0.25) is 0 Å². The van der Waals surface area contributed by atoms with Gasteiger partial charge in [-0.3, -0.25) is 0 Å². The monoisotopic (exact) mass is 468 g/mol. The van der Waals surface area contributed by atoms with Crippen molar-refractivity contribution in [2.24, 2.45) is 0 Å². The van der Waals surface area contributed by atoms with E-state index in [1.165, 1.54) is 12.1 Å². The maximum atomic E-state index is 13.6. The molecule has 6 heteroatoms. The van der Waals surface area contributed by atoms with Gasteiger partial charge in [-0.15, -0.1) is 0 Å². The van der Waals surface area contributed by atoms with Gasteiger partial charge in [-0.2, -0.15) is 26.3 Å². The van der Waals surface area contributed by atoms with Crippen molar-refractivity contribution in [1.82, 2.24) is 0 Å². The number of alkyl halides is 6. The molecule has 0 N–H and O–H groups in total. The zero-order valence-corrected chi connectivity index (χ0v) is 17.7. The van der Waals surface area contributed by atoms with Gasteiger partial charge in [0, 0.05) is 11.8 Å². The van der Waals surface area contributed by atoms with Crippen molar-refractivity contribution in [1.29, 1.82) is 0 Å². The van der Waals surface area contributed by atoms with Crippen molar-refractivity contribution in [2.45, 2.75) is 24.2 Å². The van der Waals surface area contributed by atoms with Crippen molar-refractivity contribution >= 4 is 0 Å². The molecule has 0 heterocycles. The Morgan fingerprint density at radius 3 is 1.32 bits per heavy atom. The van der Waals surface area contributed by atoms with Gasteiger partial charge in [-0.25, -0.2) is 0 Å². The van der Waals surface area contributed by atoms with Crippen molar-refractivity contribution in [3.8, 4) is 11.1 Å². The maximum absolute atomic E-state index is 13.6. The van der Waals surface area contributed by atoms with Gasteiger partial charge in [0.15, 0.2) is 0 Å². The summed E-state index contributed by atoms with van der Waals surface area (Å²) in [6.45, 7) is 0. The number of halogens is 6. The van der Waals surface area contributed by atoms with Gasteiger partial charge in [0.25, 0.3) is 0 Å². The average Bonchev–Trinajstić information content (AvgIpc) is 3.13. The van der Waals surface area contributed by atoms with E-state index in [9.17, 15) is 26.3 Å². The Balaban J connectivity index is 1.77. The van der Waals surface area contributed by atoms with Crippen molar-refractivity contribution in [2.75, 3.05) is 0 Å². The SMILES string of the molecule is FC(F)(F)c1cccc(C(c2cccc(C(F)(F)F)c2)C2c3ccccc3-c3ccccc32)c1. The van der Waals surface area contributed by atoms with Gasteiger partial charge in [0.1, 0.15) is 0 Å². The van der Waals surface area contributed by atoms with Crippen molar-refractivity contribution in [3.05, 3.63) is 130 Å². The van der Waals surface area contributed by atoms with Crippen LogP contribution in [0.3, 0.4) is 0 Å². The highest BCUT2D eigenvalue weighted by Gasteiger charge is 2.39. The molecule has 0 radical (unpaired) electrons. The lowest BCUT2D eigenvalue weighted by atomic mass is 9.75. The minimum Gasteiger partial charge on any atom is -0.166 e. The molecule has 0 saturated carbocycles. The third-order valence-electron chi connectivity index (χ3n) is 6.36. The van der Waals surface area contributed by atoms with Crippen LogP contribution in [0.25, 0.3) is 11.1 Å². The van der Waals surface area contributed by atoms with E-state index in [1.807, 2.05) is 48.5 Å². The first kappa shape index (κ1) is 22.3. The van der Waals surface area contributed by atoms with Crippen LogP contribution in [-0.4, -0.2) is 0 Å². The summed E-state index contributed by atoms with van der Waals surface area (Å²) in [5.74, 6) is -1.20. The van der Waals surface area contributed by atoms with E-state index in [0.29, 0.717) is 11.1 Å². The predicted molar refractivity (Wildman–Crippen MR) is 118 cm³/mol. The van der Waals surface area contributed by atoms with Crippen LogP contribution in [0.5, 0.6) is 0 Å². The van der Waals surface area contributed by atoms with Gasteiger partial charge < -0.3 is 0 Å². The molecule has 0 nitrogen and oxygen atoms in total. The van der Waals surface area contributed by atoms with Crippen molar-refractivity contribution in [3.63, 3.8) is 0 Å². The molecule has 34 heavy (non-hydrogen) atoms. The summed E-state index contributed by atoms with van der Waals surface area (Å²) in [7, 11) is 0. The summed E-state index contributed by atoms with van der Waals surface area (Å²) in [5.41, 5.74) is 2.59. The lowest BCUT2D eigenvalue weighted by Gasteiger charge is -2.28.